The van der Waals surface area contributed by atoms with Gasteiger partial charge in [0.25, 0.3) is 0 Å². The van der Waals surface area contributed by atoms with Gasteiger partial charge in [0.15, 0.2) is 0 Å². The van der Waals surface area contributed by atoms with E-state index in [9.17, 15) is 0 Å². The molecule has 3 heteroatoms. The Hall–Kier alpha value is -0.570. The van der Waals surface area contributed by atoms with Gasteiger partial charge in [0.2, 0.25) is 0 Å². The molecule has 1 aromatic carbocycles. The van der Waals surface area contributed by atoms with Crippen molar-refractivity contribution < 1.29 is 0 Å². The van der Waals surface area contributed by atoms with Crippen LogP contribution in [0, 0.1) is 5.92 Å². The average molecular weight is 255 g/mol. The summed E-state index contributed by atoms with van der Waals surface area (Å²) in [4.78, 5) is 2.45. The van der Waals surface area contributed by atoms with E-state index < -0.39 is 0 Å². The molecule has 0 saturated carbocycles. The van der Waals surface area contributed by atoms with Gasteiger partial charge >= 0.3 is 0 Å². The molecule has 0 aromatic heterocycles. The van der Waals surface area contributed by atoms with Gasteiger partial charge in [-0.3, -0.25) is 0 Å². The molecule has 2 rings (SSSR count). The summed E-state index contributed by atoms with van der Waals surface area (Å²) in [5.41, 5.74) is 1.42. The van der Waals surface area contributed by atoms with Crippen LogP contribution in [0.1, 0.15) is 18.4 Å². The Balaban J connectivity index is 0.00000144. The summed E-state index contributed by atoms with van der Waals surface area (Å²) in [6.45, 7) is 4.70. The second-order valence-electron chi connectivity index (χ2n) is 4.88. The number of hydrogen-bond donors (Lipinski definition) is 1. The SMILES string of the molecule is CN(Cc1ccccc1)CC1CCNCC1.Cl. The van der Waals surface area contributed by atoms with Crippen LogP contribution in [-0.2, 0) is 6.54 Å². The van der Waals surface area contributed by atoms with E-state index in [1.54, 1.807) is 0 Å². The highest BCUT2D eigenvalue weighted by atomic mass is 35.5. The van der Waals surface area contributed by atoms with E-state index in [-0.39, 0.29) is 12.4 Å². The van der Waals surface area contributed by atoms with Crippen LogP contribution >= 0.6 is 12.4 Å². The molecule has 96 valence electrons. The first kappa shape index (κ1) is 14.5. The van der Waals surface area contributed by atoms with Gasteiger partial charge in [-0.05, 0) is 44.5 Å². The van der Waals surface area contributed by atoms with Crippen LogP contribution in [0.25, 0.3) is 0 Å². The predicted octanol–water partition coefficient (Wildman–Crippen LogP) is 2.54. The zero-order valence-corrected chi connectivity index (χ0v) is 11.4. The minimum atomic E-state index is 0. The monoisotopic (exact) mass is 254 g/mol. The van der Waals surface area contributed by atoms with Gasteiger partial charge in [0.1, 0.15) is 0 Å². The van der Waals surface area contributed by atoms with E-state index >= 15 is 0 Å². The average Bonchev–Trinajstić information content (AvgIpc) is 2.31. The quantitative estimate of drug-likeness (QED) is 0.889. The number of piperidine rings is 1. The fourth-order valence-corrected chi connectivity index (χ4v) is 2.46. The highest BCUT2D eigenvalue weighted by Crippen LogP contribution is 2.14. The van der Waals surface area contributed by atoms with Crippen molar-refractivity contribution in [2.45, 2.75) is 19.4 Å². The van der Waals surface area contributed by atoms with E-state index in [1.807, 2.05) is 0 Å². The van der Waals surface area contributed by atoms with Crippen molar-refractivity contribution in [2.75, 3.05) is 26.7 Å². The van der Waals surface area contributed by atoms with Crippen LogP contribution in [0.2, 0.25) is 0 Å². The topological polar surface area (TPSA) is 15.3 Å². The van der Waals surface area contributed by atoms with Gasteiger partial charge in [0.05, 0.1) is 0 Å². The summed E-state index contributed by atoms with van der Waals surface area (Å²) >= 11 is 0. The lowest BCUT2D eigenvalue weighted by Crippen LogP contribution is -2.34. The molecule has 0 unspecified atom stereocenters. The summed E-state index contributed by atoms with van der Waals surface area (Å²) in [6, 6.07) is 10.7. The Morgan fingerprint density at radius 2 is 1.82 bits per heavy atom. The fraction of sp³-hybridized carbons (Fsp3) is 0.571. The molecule has 0 amide bonds. The Morgan fingerprint density at radius 1 is 1.18 bits per heavy atom. The normalized spacial score (nSPS) is 16.8. The molecule has 1 heterocycles. The Labute approximate surface area is 111 Å². The summed E-state index contributed by atoms with van der Waals surface area (Å²) in [5.74, 6) is 0.884. The number of nitrogens with zero attached hydrogens (tertiary/aromatic N) is 1. The molecule has 2 nitrogen and oxygen atoms in total. The van der Waals surface area contributed by atoms with Gasteiger partial charge in [0, 0.05) is 13.1 Å². The maximum Gasteiger partial charge on any atom is 0.0230 e. The zero-order valence-electron chi connectivity index (χ0n) is 10.6. The van der Waals surface area contributed by atoms with Crippen LogP contribution in [0.5, 0.6) is 0 Å². The maximum atomic E-state index is 3.42. The van der Waals surface area contributed by atoms with Crippen molar-refractivity contribution in [1.82, 2.24) is 10.2 Å². The second kappa shape index (κ2) is 7.70. The minimum Gasteiger partial charge on any atom is -0.317 e. The van der Waals surface area contributed by atoms with Crippen molar-refractivity contribution in [2.24, 2.45) is 5.92 Å². The first-order valence-corrected chi connectivity index (χ1v) is 6.28. The van der Waals surface area contributed by atoms with Gasteiger partial charge in [-0.1, -0.05) is 30.3 Å². The van der Waals surface area contributed by atoms with Crippen LogP contribution in [-0.4, -0.2) is 31.6 Å². The first-order valence-electron chi connectivity index (χ1n) is 6.28. The number of hydrogen-bond acceptors (Lipinski definition) is 2. The molecule has 0 bridgehead atoms. The van der Waals surface area contributed by atoms with E-state index in [0.717, 1.165) is 12.5 Å². The molecule has 0 spiro atoms. The molecule has 1 aromatic rings. The van der Waals surface area contributed by atoms with Crippen molar-refractivity contribution in [3.8, 4) is 0 Å². The highest BCUT2D eigenvalue weighted by molar-refractivity contribution is 5.85. The zero-order chi connectivity index (χ0) is 11.2. The lowest BCUT2D eigenvalue weighted by molar-refractivity contribution is 0.234. The molecule has 1 fully saturated rings. The molecule has 17 heavy (non-hydrogen) atoms. The number of rotatable bonds is 4. The number of benzene rings is 1. The highest BCUT2D eigenvalue weighted by Gasteiger charge is 2.14. The molecule has 0 radical (unpaired) electrons. The summed E-state index contributed by atoms with van der Waals surface area (Å²) in [5, 5.41) is 3.42. The van der Waals surface area contributed by atoms with Crippen LogP contribution in [0.4, 0.5) is 0 Å². The third kappa shape index (κ3) is 5.07. The van der Waals surface area contributed by atoms with Crippen molar-refractivity contribution in [3.63, 3.8) is 0 Å². The molecular formula is C14H23ClN2. The molecule has 0 atom stereocenters. The summed E-state index contributed by atoms with van der Waals surface area (Å²) < 4.78 is 0. The molecule has 0 aliphatic carbocycles. The standard InChI is InChI=1S/C14H22N2.ClH/c1-16(11-13-5-3-2-4-6-13)12-14-7-9-15-10-8-14;/h2-6,14-15H,7-12H2,1H3;1H. The predicted molar refractivity (Wildman–Crippen MR) is 75.6 cm³/mol. The van der Waals surface area contributed by atoms with Gasteiger partial charge in [-0.25, -0.2) is 0 Å². The molecular weight excluding hydrogens is 232 g/mol. The van der Waals surface area contributed by atoms with Crippen molar-refractivity contribution >= 4 is 12.4 Å². The van der Waals surface area contributed by atoms with Crippen LogP contribution in [0.15, 0.2) is 30.3 Å². The fourth-order valence-electron chi connectivity index (χ4n) is 2.46. The van der Waals surface area contributed by atoms with Gasteiger partial charge in [-0.15, -0.1) is 12.4 Å². The largest absolute Gasteiger partial charge is 0.317 e. The Kier molecular flexibility index (Phi) is 6.56. The minimum absolute atomic E-state index is 0. The van der Waals surface area contributed by atoms with Crippen molar-refractivity contribution in [3.05, 3.63) is 35.9 Å². The Bertz CT molecular complexity index is 296. The number of nitrogens with one attached hydrogen (secondary N) is 1. The number of halogens is 1. The van der Waals surface area contributed by atoms with Gasteiger partial charge in [-0.2, -0.15) is 0 Å². The lowest BCUT2D eigenvalue weighted by atomic mass is 9.97. The van der Waals surface area contributed by atoms with Crippen molar-refractivity contribution in [1.29, 1.82) is 0 Å². The molecule has 1 aliphatic rings. The van der Waals surface area contributed by atoms with Crippen LogP contribution < -0.4 is 5.32 Å². The van der Waals surface area contributed by atoms with Crippen LogP contribution in [0.3, 0.4) is 0 Å². The molecule has 1 aliphatic heterocycles. The maximum absolute atomic E-state index is 3.42. The van der Waals surface area contributed by atoms with E-state index in [0.29, 0.717) is 0 Å². The lowest BCUT2D eigenvalue weighted by Gasteiger charge is -2.27. The van der Waals surface area contributed by atoms with E-state index in [4.69, 9.17) is 0 Å². The smallest absolute Gasteiger partial charge is 0.0230 e. The molecule has 1 saturated heterocycles. The first-order chi connectivity index (χ1) is 7.84. The molecule has 1 N–H and O–H groups in total. The Morgan fingerprint density at radius 3 is 2.47 bits per heavy atom. The third-order valence-corrected chi connectivity index (χ3v) is 3.32. The van der Waals surface area contributed by atoms with Gasteiger partial charge < -0.3 is 10.2 Å². The summed E-state index contributed by atoms with van der Waals surface area (Å²) in [6.07, 6.45) is 2.66. The van der Waals surface area contributed by atoms with E-state index in [2.05, 4.69) is 47.6 Å². The summed E-state index contributed by atoms with van der Waals surface area (Å²) in [7, 11) is 2.23. The third-order valence-electron chi connectivity index (χ3n) is 3.32. The second-order valence-corrected chi connectivity index (χ2v) is 4.88. The van der Waals surface area contributed by atoms with E-state index in [1.165, 1.54) is 38.0 Å².